The molecule has 0 N–H and O–H groups in total. The Morgan fingerprint density at radius 1 is 1.13 bits per heavy atom. The fraction of sp³-hybridized carbons (Fsp3) is 0.111. The highest BCUT2D eigenvalue weighted by Crippen LogP contribution is 2.07. The third-order valence-corrected chi connectivity index (χ3v) is 2.14. The lowest BCUT2D eigenvalue weighted by Gasteiger charge is -2.01. The molecule has 0 aliphatic heterocycles. The molecule has 0 saturated carbocycles. The lowest BCUT2D eigenvalue weighted by molar-refractivity contribution is 0.671. The van der Waals surface area contributed by atoms with E-state index in [1.165, 1.54) is 6.33 Å². The Kier molecular flexibility index (Phi) is 1.55. The molecule has 3 heterocycles. The molecule has 0 fully saturated rings. The quantitative estimate of drug-likeness (QED) is 0.578. The Balaban J connectivity index is 2.27. The molecule has 0 aliphatic rings. The van der Waals surface area contributed by atoms with Crippen molar-refractivity contribution in [1.29, 1.82) is 0 Å². The van der Waals surface area contributed by atoms with E-state index in [9.17, 15) is 0 Å². The summed E-state index contributed by atoms with van der Waals surface area (Å²) in [5, 5.41) is 0. The minimum absolute atomic E-state index is 0.766. The summed E-state index contributed by atoms with van der Waals surface area (Å²) in [5.41, 5.74) is 2.48. The van der Waals surface area contributed by atoms with Gasteiger partial charge in [0, 0.05) is 0 Å². The van der Waals surface area contributed by atoms with Crippen molar-refractivity contribution < 1.29 is 0 Å². The van der Waals surface area contributed by atoms with Gasteiger partial charge in [0.15, 0.2) is 5.65 Å². The molecule has 6 nitrogen and oxygen atoms in total. The molecule has 0 amide bonds. The lowest BCUT2D eigenvalue weighted by atomic mass is 10.6. The van der Waals surface area contributed by atoms with Crippen molar-refractivity contribution in [2.75, 3.05) is 0 Å². The molecule has 74 valence electrons. The summed E-state index contributed by atoms with van der Waals surface area (Å²) in [6, 6.07) is 0. The molecule has 0 saturated heterocycles. The summed E-state index contributed by atoms with van der Waals surface area (Å²) >= 11 is 0. The van der Waals surface area contributed by atoms with Crippen LogP contribution in [0.5, 0.6) is 0 Å². The van der Waals surface area contributed by atoms with Crippen LogP contribution in [-0.2, 0) is 0 Å². The maximum absolute atomic E-state index is 4.19. The number of rotatable bonds is 1. The molecule has 0 atom stereocenters. The third kappa shape index (κ3) is 1.18. The highest BCUT2D eigenvalue weighted by molar-refractivity contribution is 5.68. The van der Waals surface area contributed by atoms with Gasteiger partial charge in [0.05, 0.1) is 18.1 Å². The average molecular weight is 200 g/mol. The number of fused-ring (bicyclic) bond motifs is 1. The lowest BCUT2D eigenvalue weighted by Crippen LogP contribution is -2.05. The predicted octanol–water partition coefficient (Wildman–Crippen LogP) is 0.643. The van der Waals surface area contributed by atoms with Gasteiger partial charge in [-0.15, -0.1) is 0 Å². The summed E-state index contributed by atoms with van der Waals surface area (Å²) in [5.74, 6) is 0. The maximum atomic E-state index is 4.19. The van der Waals surface area contributed by atoms with Gasteiger partial charge in [0.25, 0.3) is 0 Å². The Labute approximate surface area is 85.2 Å². The Morgan fingerprint density at radius 3 is 2.87 bits per heavy atom. The number of imidazole rings is 2. The number of hydrogen-bond acceptors (Lipinski definition) is 4. The van der Waals surface area contributed by atoms with Gasteiger partial charge in [-0.2, -0.15) is 0 Å². The zero-order valence-corrected chi connectivity index (χ0v) is 8.07. The van der Waals surface area contributed by atoms with Gasteiger partial charge in [0.1, 0.15) is 24.5 Å². The topological polar surface area (TPSA) is 61.4 Å². The first-order valence-electron chi connectivity index (χ1n) is 4.49. The third-order valence-electron chi connectivity index (χ3n) is 2.14. The smallest absolute Gasteiger partial charge is 0.182 e. The molecule has 0 radical (unpaired) electrons. The number of nitrogens with zero attached hydrogens (tertiary/aromatic N) is 6. The molecular weight excluding hydrogens is 192 g/mol. The summed E-state index contributed by atoms with van der Waals surface area (Å²) in [6.45, 7) is 1.94. The van der Waals surface area contributed by atoms with Gasteiger partial charge in [-0.25, -0.2) is 29.3 Å². The normalized spacial score (nSPS) is 11.0. The number of aryl methyl sites for hydroxylation is 1. The van der Waals surface area contributed by atoms with E-state index in [0.29, 0.717) is 0 Å². The van der Waals surface area contributed by atoms with Crippen molar-refractivity contribution >= 4 is 11.2 Å². The second-order valence-corrected chi connectivity index (χ2v) is 3.22. The van der Waals surface area contributed by atoms with Gasteiger partial charge < -0.3 is 0 Å². The van der Waals surface area contributed by atoms with Crippen LogP contribution in [0.4, 0.5) is 0 Å². The molecule has 3 aromatic rings. The van der Waals surface area contributed by atoms with Crippen LogP contribution in [0.15, 0.2) is 31.4 Å². The molecular formula is C9H8N6. The second kappa shape index (κ2) is 2.88. The zero-order chi connectivity index (χ0) is 10.3. The fourth-order valence-electron chi connectivity index (χ4n) is 1.45. The van der Waals surface area contributed by atoms with Crippen molar-refractivity contribution in [3.05, 3.63) is 37.1 Å². The fourth-order valence-corrected chi connectivity index (χ4v) is 1.45. The van der Waals surface area contributed by atoms with Crippen molar-refractivity contribution in [2.24, 2.45) is 0 Å². The standard InChI is InChI=1S/C9H8N6/c1-7-3-14(5-12-7)15-6-13-8-2-10-4-11-9(8)15/h2-6H,1H3. The van der Waals surface area contributed by atoms with E-state index >= 15 is 0 Å². The van der Waals surface area contributed by atoms with Crippen molar-refractivity contribution in [3.8, 4) is 0 Å². The van der Waals surface area contributed by atoms with Gasteiger partial charge in [-0.05, 0) is 6.92 Å². The molecule has 0 bridgehead atoms. The maximum Gasteiger partial charge on any atom is 0.182 e. The Morgan fingerprint density at radius 2 is 2.07 bits per heavy atom. The van der Waals surface area contributed by atoms with Crippen molar-refractivity contribution in [2.45, 2.75) is 6.92 Å². The van der Waals surface area contributed by atoms with Gasteiger partial charge in [-0.3, -0.25) is 0 Å². The minimum Gasteiger partial charge on any atom is -0.242 e. The first-order chi connectivity index (χ1) is 7.34. The van der Waals surface area contributed by atoms with E-state index in [1.807, 2.05) is 22.5 Å². The first kappa shape index (κ1) is 8.10. The van der Waals surface area contributed by atoms with E-state index in [1.54, 1.807) is 18.9 Å². The van der Waals surface area contributed by atoms with Crippen LogP contribution in [0, 0.1) is 6.92 Å². The molecule has 6 heteroatoms. The molecule has 0 aliphatic carbocycles. The largest absolute Gasteiger partial charge is 0.242 e. The van der Waals surface area contributed by atoms with Crippen molar-refractivity contribution in [1.82, 2.24) is 29.3 Å². The number of hydrogen-bond donors (Lipinski definition) is 0. The van der Waals surface area contributed by atoms with Crippen LogP contribution in [0.1, 0.15) is 5.69 Å². The van der Waals surface area contributed by atoms with Crippen LogP contribution in [0.2, 0.25) is 0 Å². The minimum atomic E-state index is 0.766. The van der Waals surface area contributed by atoms with Gasteiger partial charge >= 0.3 is 0 Å². The molecule has 3 rings (SSSR count). The van der Waals surface area contributed by atoms with Crippen LogP contribution in [-0.4, -0.2) is 29.3 Å². The molecule has 0 unspecified atom stereocenters. The molecule has 15 heavy (non-hydrogen) atoms. The van der Waals surface area contributed by atoms with E-state index in [2.05, 4.69) is 19.9 Å². The highest BCUT2D eigenvalue weighted by Gasteiger charge is 2.04. The Bertz CT molecular complexity index is 608. The summed E-state index contributed by atoms with van der Waals surface area (Å²) < 4.78 is 3.65. The molecule has 0 spiro atoms. The van der Waals surface area contributed by atoms with Gasteiger partial charge in [0.2, 0.25) is 0 Å². The summed E-state index contributed by atoms with van der Waals surface area (Å²) in [4.78, 5) is 16.4. The van der Waals surface area contributed by atoms with Crippen LogP contribution >= 0.6 is 0 Å². The average Bonchev–Trinajstić information content (AvgIpc) is 2.83. The monoisotopic (exact) mass is 200 g/mol. The van der Waals surface area contributed by atoms with E-state index in [0.717, 1.165) is 16.9 Å². The van der Waals surface area contributed by atoms with Crippen LogP contribution in [0.3, 0.4) is 0 Å². The Hall–Kier alpha value is -2.24. The van der Waals surface area contributed by atoms with E-state index < -0.39 is 0 Å². The molecule has 3 aromatic heterocycles. The zero-order valence-electron chi connectivity index (χ0n) is 8.07. The first-order valence-corrected chi connectivity index (χ1v) is 4.49. The van der Waals surface area contributed by atoms with E-state index in [-0.39, 0.29) is 0 Å². The summed E-state index contributed by atoms with van der Waals surface area (Å²) in [7, 11) is 0. The molecule has 0 aromatic carbocycles. The second-order valence-electron chi connectivity index (χ2n) is 3.22. The van der Waals surface area contributed by atoms with Crippen LogP contribution in [0.25, 0.3) is 11.2 Å². The highest BCUT2D eigenvalue weighted by atomic mass is 15.5. The van der Waals surface area contributed by atoms with E-state index in [4.69, 9.17) is 0 Å². The summed E-state index contributed by atoms with van der Waals surface area (Å²) in [6.07, 6.45) is 8.51. The predicted molar refractivity (Wildman–Crippen MR) is 53.1 cm³/mol. The number of aromatic nitrogens is 6. The SMILES string of the molecule is Cc1cn(-n2cnc3cncnc32)cn1. The van der Waals surface area contributed by atoms with Crippen molar-refractivity contribution in [3.63, 3.8) is 0 Å². The van der Waals surface area contributed by atoms with Gasteiger partial charge in [-0.1, -0.05) is 0 Å². The van der Waals surface area contributed by atoms with Crippen LogP contribution < -0.4 is 0 Å².